The zero-order valence-electron chi connectivity index (χ0n) is 16.0. The zero-order chi connectivity index (χ0) is 19.5. The van der Waals surface area contributed by atoms with E-state index >= 15 is 0 Å². The highest BCUT2D eigenvalue weighted by atomic mass is 16.5. The number of rotatable bonds is 5. The highest BCUT2D eigenvalue weighted by Gasteiger charge is 2.18. The number of nitrogens with zero attached hydrogens (tertiary/aromatic N) is 5. The van der Waals surface area contributed by atoms with Crippen molar-refractivity contribution in [2.45, 2.75) is 13.8 Å². The second-order valence-corrected chi connectivity index (χ2v) is 6.58. The van der Waals surface area contributed by atoms with Crippen molar-refractivity contribution in [1.82, 2.24) is 24.7 Å². The van der Waals surface area contributed by atoms with Gasteiger partial charge in [0.05, 0.1) is 24.2 Å². The van der Waals surface area contributed by atoms with Crippen molar-refractivity contribution in [3.05, 3.63) is 42.0 Å². The molecule has 0 radical (unpaired) electrons. The third kappa shape index (κ3) is 3.74. The van der Waals surface area contributed by atoms with Crippen molar-refractivity contribution in [2.75, 3.05) is 43.0 Å². The summed E-state index contributed by atoms with van der Waals surface area (Å²) in [5.41, 5.74) is 2.20. The molecule has 1 amide bonds. The van der Waals surface area contributed by atoms with Gasteiger partial charge in [-0.2, -0.15) is 4.98 Å². The van der Waals surface area contributed by atoms with Crippen LogP contribution in [0.5, 0.6) is 5.88 Å². The minimum absolute atomic E-state index is 0.260. The Morgan fingerprint density at radius 3 is 2.79 bits per heavy atom. The van der Waals surface area contributed by atoms with Crippen LogP contribution in [0.3, 0.4) is 0 Å². The maximum absolute atomic E-state index is 12.8. The summed E-state index contributed by atoms with van der Waals surface area (Å²) in [5, 5.41) is 6.15. The molecule has 1 aliphatic rings. The highest BCUT2D eigenvalue weighted by Crippen LogP contribution is 2.20. The average Bonchev–Trinajstić information content (AvgIpc) is 3.08. The maximum Gasteiger partial charge on any atom is 0.263 e. The van der Waals surface area contributed by atoms with Crippen LogP contribution in [0.1, 0.15) is 23.0 Å². The lowest BCUT2D eigenvalue weighted by Crippen LogP contribution is -2.43. The third-order valence-electron chi connectivity index (χ3n) is 4.53. The predicted octanol–water partition coefficient (Wildman–Crippen LogP) is 1.49. The minimum atomic E-state index is -0.327. The Bertz CT molecular complexity index is 978. The van der Waals surface area contributed by atoms with Crippen LogP contribution in [-0.4, -0.2) is 58.0 Å². The predicted molar refractivity (Wildman–Crippen MR) is 106 cm³/mol. The molecule has 4 rings (SSSR count). The van der Waals surface area contributed by atoms with E-state index in [0.717, 1.165) is 37.6 Å². The topological polar surface area (TPSA) is 96.7 Å². The minimum Gasteiger partial charge on any atom is -0.477 e. The van der Waals surface area contributed by atoms with E-state index in [1.54, 1.807) is 16.8 Å². The van der Waals surface area contributed by atoms with Gasteiger partial charge < -0.3 is 20.3 Å². The highest BCUT2D eigenvalue weighted by molar-refractivity contribution is 6.05. The molecule has 3 aromatic rings. The number of amides is 1. The lowest BCUT2D eigenvalue weighted by Gasteiger charge is -2.29. The molecule has 0 aromatic carbocycles. The van der Waals surface area contributed by atoms with Gasteiger partial charge in [0, 0.05) is 38.6 Å². The van der Waals surface area contributed by atoms with Gasteiger partial charge >= 0.3 is 0 Å². The van der Waals surface area contributed by atoms with Gasteiger partial charge in [0.15, 0.2) is 0 Å². The normalized spacial score (nSPS) is 14.3. The fraction of sp³-hybridized carbons (Fsp3) is 0.368. The number of imidazole rings is 1. The van der Waals surface area contributed by atoms with Gasteiger partial charge in [0.25, 0.3) is 5.91 Å². The van der Waals surface area contributed by atoms with Crippen LogP contribution in [0.4, 0.5) is 11.5 Å². The van der Waals surface area contributed by atoms with Gasteiger partial charge in [-0.15, -0.1) is 0 Å². The van der Waals surface area contributed by atoms with Gasteiger partial charge in [-0.1, -0.05) is 0 Å². The van der Waals surface area contributed by atoms with E-state index in [1.807, 2.05) is 32.2 Å². The van der Waals surface area contributed by atoms with E-state index in [-0.39, 0.29) is 11.8 Å². The summed E-state index contributed by atoms with van der Waals surface area (Å²) in [7, 11) is 0. The maximum atomic E-state index is 12.8. The number of ether oxygens (including phenoxy) is 1. The first-order valence-corrected chi connectivity index (χ1v) is 9.36. The first-order valence-electron chi connectivity index (χ1n) is 9.36. The number of fused-ring (bicyclic) bond motifs is 1. The second kappa shape index (κ2) is 7.81. The lowest BCUT2D eigenvalue weighted by molar-refractivity contribution is 0.102. The quantitative estimate of drug-likeness (QED) is 0.691. The Hall–Kier alpha value is -3.20. The summed E-state index contributed by atoms with van der Waals surface area (Å²) in [6.45, 7) is 7.94. The molecule has 4 heterocycles. The summed E-state index contributed by atoms with van der Waals surface area (Å²) >= 11 is 0. The van der Waals surface area contributed by atoms with Crippen molar-refractivity contribution >= 4 is 23.2 Å². The summed E-state index contributed by atoms with van der Waals surface area (Å²) in [6, 6.07) is 3.78. The number of nitrogens with one attached hydrogen (secondary N) is 2. The average molecular weight is 381 g/mol. The SMILES string of the molecule is CCOc1nc2nc(C)cn2cc1C(=O)Nc1ccc(N2CCNCC2)cn1. The lowest BCUT2D eigenvalue weighted by atomic mass is 10.3. The van der Waals surface area contributed by atoms with E-state index in [1.165, 1.54) is 0 Å². The molecule has 3 aromatic heterocycles. The number of pyridine rings is 1. The van der Waals surface area contributed by atoms with Crippen molar-refractivity contribution in [2.24, 2.45) is 0 Å². The monoisotopic (exact) mass is 381 g/mol. The van der Waals surface area contributed by atoms with Crippen LogP contribution < -0.4 is 20.3 Å². The van der Waals surface area contributed by atoms with Gasteiger partial charge in [-0.05, 0) is 26.0 Å². The second-order valence-electron chi connectivity index (χ2n) is 6.58. The number of carbonyl (C=O) groups excluding carboxylic acids is 1. The molecule has 0 unspecified atom stereocenters. The first kappa shape index (κ1) is 18.2. The van der Waals surface area contributed by atoms with Crippen LogP contribution in [-0.2, 0) is 0 Å². The van der Waals surface area contributed by atoms with Gasteiger partial charge in [0.1, 0.15) is 11.4 Å². The summed E-state index contributed by atoms with van der Waals surface area (Å²) in [6.07, 6.45) is 5.28. The smallest absolute Gasteiger partial charge is 0.263 e. The Morgan fingerprint density at radius 2 is 2.07 bits per heavy atom. The molecule has 9 nitrogen and oxygen atoms in total. The molecule has 0 atom stereocenters. The van der Waals surface area contributed by atoms with Gasteiger partial charge in [-0.25, -0.2) is 9.97 Å². The molecule has 0 aliphatic carbocycles. The Balaban J connectivity index is 1.54. The van der Waals surface area contributed by atoms with E-state index < -0.39 is 0 Å². The van der Waals surface area contributed by atoms with Crippen molar-refractivity contribution < 1.29 is 9.53 Å². The number of anilines is 2. The number of hydrogen-bond acceptors (Lipinski definition) is 7. The van der Waals surface area contributed by atoms with E-state index in [9.17, 15) is 4.79 Å². The fourth-order valence-electron chi connectivity index (χ4n) is 3.18. The zero-order valence-corrected chi connectivity index (χ0v) is 16.0. The summed E-state index contributed by atoms with van der Waals surface area (Å²) in [4.78, 5) is 28.1. The number of piperazine rings is 1. The molecule has 1 saturated heterocycles. The van der Waals surface area contributed by atoms with E-state index in [0.29, 0.717) is 23.8 Å². The van der Waals surface area contributed by atoms with Crippen LogP contribution in [0.15, 0.2) is 30.7 Å². The summed E-state index contributed by atoms with van der Waals surface area (Å²) < 4.78 is 7.27. The molecule has 1 aliphatic heterocycles. The molecule has 0 saturated carbocycles. The van der Waals surface area contributed by atoms with Crippen LogP contribution in [0, 0.1) is 6.92 Å². The Kier molecular flexibility index (Phi) is 5.07. The standard InChI is InChI=1S/C19H23N7O2/c1-3-28-18-15(12-26-11-13(2)22-19(26)24-18)17(27)23-16-5-4-14(10-21-16)25-8-6-20-7-9-25/h4-5,10-12,20H,3,6-9H2,1-2H3,(H,21,23,27). The molecule has 9 heteroatoms. The molecular formula is C19H23N7O2. The largest absolute Gasteiger partial charge is 0.477 e. The number of carbonyl (C=O) groups is 1. The van der Waals surface area contributed by atoms with Crippen LogP contribution in [0.25, 0.3) is 5.78 Å². The van der Waals surface area contributed by atoms with E-state index in [4.69, 9.17) is 4.74 Å². The van der Waals surface area contributed by atoms with Crippen molar-refractivity contribution in [3.8, 4) is 5.88 Å². The van der Waals surface area contributed by atoms with Gasteiger partial charge in [0.2, 0.25) is 11.7 Å². The number of hydrogen-bond donors (Lipinski definition) is 2. The third-order valence-corrected chi connectivity index (χ3v) is 4.53. The number of aryl methyl sites for hydroxylation is 1. The molecule has 1 fully saturated rings. The Morgan fingerprint density at radius 1 is 1.25 bits per heavy atom. The molecule has 28 heavy (non-hydrogen) atoms. The molecule has 0 spiro atoms. The molecule has 146 valence electrons. The van der Waals surface area contributed by atoms with Crippen molar-refractivity contribution in [3.63, 3.8) is 0 Å². The van der Waals surface area contributed by atoms with Crippen LogP contribution >= 0.6 is 0 Å². The number of aromatic nitrogens is 4. The van der Waals surface area contributed by atoms with Crippen molar-refractivity contribution in [1.29, 1.82) is 0 Å². The van der Waals surface area contributed by atoms with Gasteiger partial charge in [-0.3, -0.25) is 9.20 Å². The molecular weight excluding hydrogens is 358 g/mol. The van der Waals surface area contributed by atoms with Crippen LogP contribution in [0.2, 0.25) is 0 Å². The first-order chi connectivity index (χ1) is 13.6. The Labute approximate surface area is 162 Å². The van der Waals surface area contributed by atoms with E-state index in [2.05, 4.69) is 30.5 Å². The molecule has 0 bridgehead atoms. The molecule has 2 N–H and O–H groups in total. The fourth-order valence-corrected chi connectivity index (χ4v) is 3.18. The summed E-state index contributed by atoms with van der Waals surface area (Å²) in [5.74, 6) is 0.909.